The molecule has 8 heteroatoms. The van der Waals surface area contributed by atoms with E-state index in [1.165, 1.54) is 0 Å². The summed E-state index contributed by atoms with van der Waals surface area (Å²) < 4.78 is 40.9. The standard InChI is InChI=1S/C19H24F3N3O2/c20-14-10-15(21)17(23-16(14)22)24-8-1-6-19(11-24)7-9-25(18(19)27)12-2-4-13(26)5-3-12/h10,12-13,26H,1-9,11H2/t12-,13-,19-/m1/s1. The highest BCUT2D eigenvalue weighted by Gasteiger charge is 2.51. The Morgan fingerprint density at radius 3 is 2.56 bits per heavy atom. The molecule has 1 atom stereocenters. The van der Waals surface area contributed by atoms with E-state index in [0.717, 1.165) is 12.8 Å². The van der Waals surface area contributed by atoms with Crippen LogP contribution in [0.25, 0.3) is 0 Å². The lowest BCUT2D eigenvalue weighted by molar-refractivity contribution is -0.139. The predicted molar refractivity (Wildman–Crippen MR) is 92.6 cm³/mol. The van der Waals surface area contributed by atoms with Gasteiger partial charge in [0.2, 0.25) is 5.91 Å². The third-order valence-electron chi connectivity index (χ3n) is 6.40. The van der Waals surface area contributed by atoms with Crippen molar-refractivity contribution in [3.05, 3.63) is 23.6 Å². The van der Waals surface area contributed by atoms with E-state index in [-0.39, 0.29) is 30.4 Å². The van der Waals surface area contributed by atoms with E-state index in [4.69, 9.17) is 0 Å². The largest absolute Gasteiger partial charge is 0.393 e. The first-order chi connectivity index (χ1) is 12.9. The van der Waals surface area contributed by atoms with Gasteiger partial charge in [-0.3, -0.25) is 4.79 Å². The van der Waals surface area contributed by atoms with Crippen LogP contribution in [0.1, 0.15) is 44.9 Å². The number of carbonyl (C=O) groups is 1. The molecule has 1 aliphatic carbocycles. The highest BCUT2D eigenvalue weighted by molar-refractivity contribution is 5.86. The molecule has 1 saturated carbocycles. The van der Waals surface area contributed by atoms with Crippen LogP contribution in [0.4, 0.5) is 19.0 Å². The molecule has 1 aromatic rings. The second-order valence-corrected chi connectivity index (χ2v) is 8.08. The van der Waals surface area contributed by atoms with Crippen molar-refractivity contribution in [1.29, 1.82) is 0 Å². The third-order valence-corrected chi connectivity index (χ3v) is 6.40. The van der Waals surface area contributed by atoms with E-state index in [1.807, 2.05) is 4.90 Å². The summed E-state index contributed by atoms with van der Waals surface area (Å²) in [6, 6.07) is 0.656. The maximum absolute atomic E-state index is 14.2. The van der Waals surface area contributed by atoms with Crippen LogP contribution in [-0.2, 0) is 4.79 Å². The molecule has 1 aromatic heterocycles. The number of likely N-dealkylation sites (tertiary alicyclic amines) is 1. The molecule has 2 aliphatic heterocycles. The number of nitrogens with zero attached hydrogens (tertiary/aromatic N) is 3. The fraction of sp³-hybridized carbons (Fsp3) is 0.684. The van der Waals surface area contributed by atoms with Gasteiger partial charge in [-0.2, -0.15) is 9.37 Å². The van der Waals surface area contributed by atoms with Crippen molar-refractivity contribution in [2.24, 2.45) is 5.41 Å². The van der Waals surface area contributed by atoms with E-state index in [0.29, 0.717) is 51.3 Å². The molecule has 4 rings (SSSR count). The number of aromatic nitrogens is 1. The molecule has 1 amide bonds. The van der Waals surface area contributed by atoms with Gasteiger partial charge >= 0.3 is 0 Å². The first-order valence-electron chi connectivity index (χ1n) is 9.65. The van der Waals surface area contributed by atoms with Crippen molar-refractivity contribution in [2.75, 3.05) is 24.5 Å². The van der Waals surface area contributed by atoms with Gasteiger partial charge in [0.25, 0.3) is 5.95 Å². The quantitative estimate of drug-likeness (QED) is 0.798. The summed E-state index contributed by atoms with van der Waals surface area (Å²) in [5.41, 5.74) is -0.618. The summed E-state index contributed by atoms with van der Waals surface area (Å²) in [5, 5.41) is 9.70. The zero-order valence-corrected chi connectivity index (χ0v) is 15.1. The number of hydrogen-bond acceptors (Lipinski definition) is 4. The molecule has 0 bridgehead atoms. The number of rotatable bonds is 2. The van der Waals surface area contributed by atoms with Gasteiger partial charge in [0, 0.05) is 31.7 Å². The van der Waals surface area contributed by atoms with Crippen LogP contribution in [-0.4, -0.2) is 52.7 Å². The van der Waals surface area contributed by atoms with Crippen LogP contribution in [0.3, 0.4) is 0 Å². The summed E-state index contributed by atoms with van der Waals surface area (Å²) in [7, 11) is 0. The van der Waals surface area contributed by atoms with Gasteiger partial charge in [-0.1, -0.05) is 0 Å². The van der Waals surface area contributed by atoms with Crippen LogP contribution < -0.4 is 4.90 Å². The van der Waals surface area contributed by atoms with Gasteiger partial charge in [-0.25, -0.2) is 8.78 Å². The molecule has 3 aliphatic rings. The average Bonchev–Trinajstić information content (AvgIpc) is 2.95. The number of piperidine rings is 1. The fourth-order valence-corrected chi connectivity index (χ4v) is 4.91. The Labute approximate surface area is 156 Å². The van der Waals surface area contributed by atoms with E-state index in [2.05, 4.69) is 4.98 Å². The highest BCUT2D eigenvalue weighted by atomic mass is 19.2. The molecule has 0 radical (unpaired) electrons. The predicted octanol–water partition coefficient (Wildman–Crippen LogP) is 2.62. The Morgan fingerprint density at radius 2 is 1.81 bits per heavy atom. The summed E-state index contributed by atoms with van der Waals surface area (Å²) >= 11 is 0. The van der Waals surface area contributed by atoms with Crippen LogP contribution in [0, 0.1) is 23.0 Å². The van der Waals surface area contributed by atoms with Crippen LogP contribution in [0.5, 0.6) is 0 Å². The maximum Gasteiger partial charge on any atom is 0.251 e. The van der Waals surface area contributed by atoms with E-state index >= 15 is 0 Å². The molecular weight excluding hydrogens is 359 g/mol. The van der Waals surface area contributed by atoms with Crippen molar-refractivity contribution in [3.8, 4) is 0 Å². The Balaban J connectivity index is 1.52. The monoisotopic (exact) mass is 383 g/mol. The number of aliphatic hydroxyl groups excluding tert-OH is 1. The molecule has 0 unspecified atom stereocenters. The highest BCUT2D eigenvalue weighted by Crippen LogP contribution is 2.43. The summed E-state index contributed by atoms with van der Waals surface area (Å²) in [6.07, 6.45) is 4.78. The number of anilines is 1. The number of hydrogen-bond donors (Lipinski definition) is 1. The molecule has 148 valence electrons. The van der Waals surface area contributed by atoms with Gasteiger partial charge in [-0.05, 0) is 44.9 Å². The normalized spacial score (nSPS) is 31.8. The summed E-state index contributed by atoms with van der Waals surface area (Å²) in [4.78, 5) is 20.2. The molecule has 3 fully saturated rings. The van der Waals surface area contributed by atoms with Crippen molar-refractivity contribution >= 4 is 11.7 Å². The van der Waals surface area contributed by atoms with Gasteiger partial charge in [-0.15, -0.1) is 0 Å². The molecule has 1 spiro atoms. The summed E-state index contributed by atoms with van der Waals surface area (Å²) in [5.74, 6) is -3.71. The molecule has 5 nitrogen and oxygen atoms in total. The second kappa shape index (κ2) is 6.96. The smallest absolute Gasteiger partial charge is 0.251 e. The zero-order chi connectivity index (χ0) is 19.2. The number of amides is 1. The molecule has 27 heavy (non-hydrogen) atoms. The van der Waals surface area contributed by atoms with E-state index < -0.39 is 23.0 Å². The topological polar surface area (TPSA) is 56.7 Å². The number of aliphatic hydroxyl groups is 1. The minimum absolute atomic E-state index is 0.0663. The Kier molecular flexibility index (Phi) is 4.78. The SMILES string of the molecule is O=C1N([C@H]2CC[C@H](O)CC2)CC[C@@]12CCCN(c1nc(F)c(F)cc1F)C2. The second-order valence-electron chi connectivity index (χ2n) is 8.08. The minimum Gasteiger partial charge on any atom is -0.393 e. The van der Waals surface area contributed by atoms with E-state index in [1.54, 1.807) is 4.90 Å². The Bertz CT molecular complexity index is 739. The molecule has 1 N–H and O–H groups in total. The minimum atomic E-state index is -1.33. The molecule has 2 saturated heterocycles. The van der Waals surface area contributed by atoms with Crippen LogP contribution in [0.15, 0.2) is 6.07 Å². The van der Waals surface area contributed by atoms with Crippen molar-refractivity contribution in [3.63, 3.8) is 0 Å². The van der Waals surface area contributed by atoms with Gasteiger partial charge in [0.1, 0.15) is 0 Å². The first kappa shape index (κ1) is 18.5. The Hall–Kier alpha value is -1.83. The lowest BCUT2D eigenvalue weighted by Crippen LogP contribution is -2.50. The van der Waals surface area contributed by atoms with Crippen molar-refractivity contribution in [2.45, 2.75) is 57.1 Å². The van der Waals surface area contributed by atoms with Crippen LogP contribution in [0.2, 0.25) is 0 Å². The molecular formula is C19H24F3N3O2. The van der Waals surface area contributed by atoms with Crippen LogP contribution >= 0.6 is 0 Å². The average molecular weight is 383 g/mol. The number of pyridine rings is 1. The molecule has 3 heterocycles. The van der Waals surface area contributed by atoms with E-state index in [9.17, 15) is 23.1 Å². The van der Waals surface area contributed by atoms with Gasteiger partial charge < -0.3 is 14.9 Å². The Morgan fingerprint density at radius 1 is 1.07 bits per heavy atom. The lowest BCUT2D eigenvalue weighted by Gasteiger charge is -2.41. The van der Waals surface area contributed by atoms with Gasteiger partial charge in [0.05, 0.1) is 11.5 Å². The third kappa shape index (κ3) is 3.28. The van der Waals surface area contributed by atoms with Crippen molar-refractivity contribution in [1.82, 2.24) is 9.88 Å². The van der Waals surface area contributed by atoms with Crippen molar-refractivity contribution < 1.29 is 23.1 Å². The zero-order valence-electron chi connectivity index (χ0n) is 15.1. The molecule has 0 aromatic carbocycles. The fourth-order valence-electron chi connectivity index (χ4n) is 4.91. The maximum atomic E-state index is 14.2. The first-order valence-corrected chi connectivity index (χ1v) is 9.65. The lowest BCUT2D eigenvalue weighted by atomic mass is 9.78. The van der Waals surface area contributed by atoms with Gasteiger partial charge in [0.15, 0.2) is 17.5 Å². The summed E-state index contributed by atoms with van der Waals surface area (Å²) in [6.45, 7) is 1.38. The number of halogens is 3. The number of carbonyl (C=O) groups excluding carboxylic acids is 1.